The van der Waals surface area contributed by atoms with E-state index in [1.54, 1.807) is 6.08 Å². The van der Waals surface area contributed by atoms with Crippen molar-refractivity contribution in [1.82, 2.24) is 15.0 Å². The van der Waals surface area contributed by atoms with Gasteiger partial charge in [0, 0.05) is 12.2 Å². The van der Waals surface area contributed by atoms with Crippen molar-refractivity contribution in [2.75, 3.05) is 6.61 Å². The average molecular weight is 508 g/mol. The summed E-state index contributed by atoms with van der Waals surface area (Å²) < 4.78 is 7.87. The fraction of sp³-hybridized carbons (Fsp3) is 0.281. The first-order chi connectivity index (χ1) is 18.6. The van der Waals surface area contributed by atoms with Gasteiger partial charge in [-0.1, -0.05) is 79.7 Å². The molecule has 1 unspecified atom stereocenters. The zero-order valence-corrected chi connectivity index (χ0v) is 21.9. The van der Waals surface area contributed by atoms with E-state index in [0.29, 0.717) is 12.0 Å². The Morgan fingerprint density at radius 1 is 0.974 bits per heavy atom. The molecular formula is C32H33N3O3. The van der Waals surface area contributed by atoms with Gasteiger partial charge in [0.1, 0.15) is 5.52 Å². The average Bonchev–Trinajstić information content (AvgIpc) is 3.39. The van der Waals surface area contributed by atoms with E-state index >= 15 is 0 Å². The van der Waals surface area contributed by atoms with Crippen LogP contribution in [0.1, 0.15) is 74.4 Å². The number of carboxylic acid groups (broad SMARTS) is 1. The third-order valence-electron chi connectivity index (χ3n) is 7.16. The SMILES string of the molecule is CCC(=Cc1ccc(C(=C(CC)c2ccccc2)c2ccc3c(c2)nnn3C2CCCCO2)cc1)C(=O)O. The predicted octanol–water partition coefficient (Wildman–Crippen LogP) is 7.38. The van der Waals surface area contributed by atoms with E-state index in [2.05, 4.69) is 71.8 Å². The Labute approximate surface area is 223 Å². The number of aromatic nitrogens is 3. The molecule has 6 heteroatoms. The summed E-state index contributed by atoms with van der Waals surface area (Å²) in [4.78, 5) is 11.5. The molecular weight excluding hydrogens is 474 g/mol. The van der Waals surface area contributed by atoms with Crippen LogP contribution in [0.2, 0.25) is 0 Å². The first kappa shape index (κ1) is 25.6. The van der Waals surface area contributed by atoms with Gasteiger partial charge in [0.2, 0.25) is 0 Å². The molecule has 194 valence electrons. The van der Waals surface area contributed by atoms with Crippen molar-refractivity contribution in [2.24, 2.45) is 0 Å². The van der Waals surface area contributed by atoms with Crippen LogP contribution in [-0.4, -0.2) is 32.7 Å². The fourth-order valence-electron chi connectivity index (χ4n) is 5.17. The molecule has 1 aromatic heterocycles. The predicted molar refractivity (Wildman–Crippen MR) is 151 cm³/mol. The minimum atomic E-state index is -0.880. The Hall–Kier alpha value is -4.03. The van der Waals surface area contributed by atoms with Gasteiger partial charge in [-0.3, -0.25) is 0 Å². The molecule has 3 aromatic carbocycles. The molecule has 0 amide bonds. The Kier molecular flexibility index (Phi) is 7.80. The summed E-state index contributed by atoms with van der Waals surface area (Å²) in [5, 5.41) is 18.4. The highest BCUT2D eigenvalue weighted by atomic mass is 16.5. The van der Waals surface area contributed by atoms with Crippen molar-refractivity contribution in [1.29, 1.82) is 0 Å². The summed E-state index contributed by atoms with van der Waals surface area (Å²) in [6, 6.07) is 24.9. The third kappa shape index (κ3) is 5.31. The van der Waals surface area contributed by atoms with Crippen LogP contribution in [0.3, 0.4) is 0 Å². The van der Waals surface area contributed by atoms with Gasteiger partial charge in [-0.25, -0.2) is 9.48 Å². The number of carboxylic acids is 1. The molecule has 38 heavy (non-hydrogen) atoms. The molecule has 1 atom stereocenters. The fourth-order valence-corrected chi connectivity index (χ4v) is 5.17. The quantitative estimate of drug-likeness (QED) is 0.199. The molecule has 0 aliphatic carbocycles. The zero-order valence-electron chi connectivity index (χ0n) is 21.9. The molecule has 1 aliphatic rings. The van der Waals surface area contributed by atoms with E-state index in [1.807, 2.05) is 29.8 Å². The van der Waals surface area contributed by atoms with Crippen molar-refractivity contribution in [3.8, 4) is 0 Å². The van der Waals surface area contributed by atoms with Crippen LogP contribution in [-0.2, 0) is 9.53 Å². The molecule has 1 aliphatic heterocycles. The minimum Gasteiger partial charge on any atom is -0.478 e. The molecule has 1 saturated heterocycles. The number of rotatable bonds is 8. The first-order valence-corrected chi connectivity index (χ1v) is 13.4. The Bertz CT molecular complexity index is 1480. The van der Waals surface area contributed by atoms with E-state index in [9.17, 15) is 9.90 Å². The maximum absolute atomic E-state index is 11.5. The maximum Gasteiger partial charge on any atom is 0.331 e. The number of allylic oxidation sites excluding steroid dienone is 1. The normalized spacial score (nSPS) is 16.9. The number of aliphatic carboxylic acids is 1. The van der Waals surface area contributed by atoms with Crippen LogP contribution in [0.25, 0.3) is 28.3 Å². The maximum atomic E-state index is 11.5. The van der Waals surface area contributed by atoms with Crippen molar-refractivity contribution in [2.45, 2.75) is 52.2 Å². The number of carbonyl (C=O) groups is 1. The second-order valence-electron chi connectivity index (χ2n) is 9.58. The Balaban J connectivity index is 1.61. The minimum absolute atomic E-state index is 0.0652. The molecule has 6 nitrogen and oxygen atoms in total. The summed E-state index contributed by atoms with van der Waals surface area (Å²) in [6.45, 7) is 4.79. The lowest BCUT2D eigenvalue weighted by Gasteiger charge is -2.22. The Morgan fingerprint density at radius 3 is 2.39 bits per heavy atom. The zero-order chi connectivity index (χ0) is 26.5. The lowest BCUT2D eigenvalue weighted by molar-refractivity contribution is -0.132. The molecule has 2 heterocycles. The van der Waals surface area contributed by atoms with E-state index in [1.165, 1.54) is 11.1 Å². The molecule has 4 aromatic rings. The highest BCUT2D eigenvalue weighted by Crippen LogP contribution is 2.36. The molecule has 1 N–H and O–H groups in total. The van der Waals surface area contributed by atoms with Gasteiger partial charge in [0.15, 0.2) is 6.23 Å². The molecule has 1 fully saturated rings. The third-order valence-corrected chi connectivity index (χ3v) is 7.16. The van der Waals surface area contributed by atoms with Crippen LogP contribution in [0.5, 0.6) is 0 Å². The number of hydrogen-bond acceptors (Lipinski definition) is 4. The van der Waals surface area contributed by atoms with Crippen molar-refractivity contribution >= 4 is 34.2 Å². The van der Waals surface area contributed by atoms with Gasteiger partial charge in [0.25, 0.3) is 0 Å². The van der Waals surface area contributed by atoms with E-state index < -0.39 is 5.97 Å². The summed E-state index contributed by atoms with van der Waals surface area (Å²) in [5.41, 5.74) is 8.75. The van der Waals surface area contributed by atoms with Crippen molar-refractivity contribution in [3.63, 3.8) is 0 Å². The van der Waals surface area contributed by atoms with Crippen LogP contribution >= 0.6 is 0 Å². The van der Waals surface area contributed by atoms with Crippen LogP contribution < -0.4 is 0 Å². The van der Waals surface area contributed by atoms with Gasteiger partial charge in [-0.05, 0) is 83.7 Å². The number of ether oxygens (including phenoxy) is 1. The standard InChI is InChI=1S/C32H33N3O3/c1-3-23(32(36)37)20-22-13-15-25(16-14-22)31(27(4-2)24-10-6-5-7-11-24)26-17-18-29-28(21-26)33-34-35(29)30-12-8-9-19-38-30/h5-7,10-11,13-18,20-21,30H,3-4,8-9,12,19H2,1-2H3,(H,36,37). The van der Waals surface area contributed by atoms with Gasteiger partial charge in [-0.15, -0.1) is 5.10 Å². The monoisotopic (exact) mass is 507 g/mol. The van der Waals surface area contributed by atoms with E-state index in [-0.39, 0.29) is 6.23 Å². The number of fused-ring (bicyclic) bond motifs is 1. The van der Waals surface area contributed by atoms with E-state index in [0.717, 1.165) is 65.6 Å². The van der Waals surface area contributed by atoms with Crippen molar-refractivity contribution < 1.29 is 14.6 Å². The highest BCUT2D eigenvalue weighted by molar-refractivity contribution is 6.00. The second kappa shape index (κ2) is 11.6. The first-order valence-electron chi connectivity index (χ1n) is 13.4. The molecule has 5 rings (SSSR count). The van der Waals surface area contributed by atoms with E-state index in [4.69, 9.17) is 4.74 Å². The largest absolute Gasteiger partial charge is 0.478 e. The molecule has 0 radical (unpaired) electrons. The van der Waals surface area contributed by atoms with Gasteiger partial charge in [-0.2, -0.15) is 0 Å². The smallest absolute Gasteiger partial charge is 0.331 e. The lowest BCUT2D eigenvalue weighted by Crippen LogP contribution is -2.19. The number of hydrogen-bond donors (Lipinski definition) is 1. The summed E-state index contributed by atoms with van der Waals surface area (Å²) in [6.07, 6.45) is 6.16. The highest BCUT2D eigenvalue weighted by Gasteiger charge is 2.20. The Morgan fingerprint density at radius 2 is 1.74 bits per heavy atom. The number of nitrogens with zero attached hydrogens (tertiary/aromatic N) is 3. The second-order valence-corrected chi connectivity index (χ2v) is 9.58. The van der Waals surface area contributed by atoms with Crippen molar-refractivity contribution in [3.05, 3.63) is 101 Å². The summed E-state index contributed by atoms with van der Waals surface area (Å²) in [5.74, 6) is -0.880. The molecule has 0 spiro atoms. The van der Waals surface area contributed by atoms with Gasteiger partial charge < -0.3 is 9.84 Å². The molecule has 0 saturated carbocycles. The lowest BCUT2D eigenvalue weighted by atomic mass is 9.87. The van der Waals surface area contributed by atoms with Crippen LogP contribution in [0.15, 0.2) is 78.4 Å². The number of benzene rings is 3. The topological polar surface area (TPSA) is 77.2 Å². The summed E-state index contributed by atoms with van der Waals surface area (Å²) >= 11 is 0. The van der Waals surface area contributed by atoms with Gasteiger partial charge >= 0.3 is 5.97 Å². The molecule has 0 bridgehead atoms. The summed E-state index contributed by atoms with van der Waals surface area (Å²) in [7, 11) is 0. The van der Waals surface area contributed by atoms with Crippen LogP contribution in [0.4, 0.5) is 0 Å². The van der Waals surface area contributed by atoms with Gasteiger partial charge in [0.05, 0.1) is 5.52 Å². The van der Waals surface area contributed by atoms with Crippen LogP contribution in [0, 0.1) is 0 Å².